The highest BCUT2D eigenvalue weighted by molar-refractivity contribution is 5.33. The number of hydrogen-bond acceptors (Lipinski definition) is 3. The van der Waals surface area contributed by atoms with Crippen molar-refractivity contribution in [2.24, 2.45) is 0 Å². The summed E-state index contributed by atoms with van der Waals surface area (Å²) >= 11 is 0. The molecule has 3 nitrogen and oxygen atoms in total. The molecule has 4 heteroatoms. The van der Waals surface area contributed by atoms with Crippen LogP contribution in [0.25, 0.3) is 0 Å². The van der Waals surface area contributed by atoms with Crippen molar-refractivity contribution in [3.05, 3.63) is 29.6 Å². The molecular weight excluding hydrogens is 223 g/mol. The van der Waals surface area contributed by atoms with E-state index < -0.39 is 0 Å². The fourth-order valence-electron chi connectivity index (χ4n) is 1.32. The Balaban J connectivity index is 2.57. The van der Waals surface area contributed by atoms with Crippen LogP contribution in [0.1, 0.15) is 25.8 Å². The third-order valence-corrected chi connectivity index (χ3v) is 2.71. The third-order valence-electron chi connectivity index (χ3n) is 2.71. The molecule has 0 aliphatic rings. The summed E-state index contributed by atoms with van der Waals surface area (Å²) in [5.41, 5.74) is 0.208. The van der Waals surface area contributed by atoms with Crippen LogP contribution >= 0.6 is 0 Å². The van der Waals surface area contributed by atoms with Crippen molar-refractivity contribution in [1.82, 2.24) is 0 Å². The average molecular weight is 242 g/mol. The summed E-state index contributed by atoms with van der Waals surface area (Å²) in [6, 6.07) is 4.12. The first-order chi connectivity index (χ1) is 7.98. The van der Waals surface area contributed by atoms with Crippen LogP contribution in [0.2, 0.25) is 0 Å². The van der Waals surface area contributed by atoms with E-state index in [0.717, 1.165) is 0 Å². The molecule has 0 aliphatic carbocycles. The van der Waals surface area contributed by atoms with Crippen molar-refractivity contribution in [2.75, 3.05) is 13.7 Å². The lowest BCUT2D eigenvalue weighted by Crippen LogP contribution is -2.25. The van der Waals surface area contributed by atoms with Gasteiger partial charge in [-0.05, 0) is 32.0 Å². The minimum Gasteiger partial charge on any atom is -0.493 e. The molecule has 1 aromatic rings. The van der Waals surface area contributed by atoms with Gasteiger partial charge in [0.25, 0.3) is 0 Å². The normalized spacial score (nSPS) is 11.6. The molecule has 0 heterocycles. The summed E-state index contributed by atoms with van der Waals surface area (Å²) in [7, 11) is 1.65. The molecule has 17 heavy (non-hydrogen) atoms. The second kappa shape index (κ2) is 5.98. The Bertz CT molecular complexity index is 364. The van der Waals surface area contributed by atoms with Gasteiger partial charge in [0.1, 0.15) is 11.6 Å². The van der Waals surface area contributed by atoms with Gasteiger partial charge in [-0.15, -0.1) is 0 Å². The van der Waals surface area contributed by atoms with Crippen LogP contribution in [0.4, 0.5) is 4.39 Å². The minimum absolute atomic E-state index is 0.235. The fraction of sp³-hybridized carbons (Fsp3) is 0.538. The molecule has 0 aromatic heterocycles. The van der Waals surface area contributed by atoms with Crippen LogP contribution in [0.5, 0.6) is 5.75 Å². The molecule has 96 valence electrons. The number of benzene rings is 1. The molecule has 1 rings (SSSR count). The maximum Gasteiger partial charge on any atom is 0.125 e. The molecule has 1 N–H and O–H groups in total. The Labute approximate surface area is 101 Å². The molecule has 0 amide bonds. The van der Waals surface area contributed by atoms with Crippen molar-refractivity contribution < 1.29 is 19.0 Å². The summed E-state index contributed by atoms with van der Waals surface area (Å²) < 4.78 is 23.7. The lowest BCUT2D eigenvalue weighted by Gasteiger charge is -2.23. The second-order valence-corrected chi connectivity index (χ2v) is 4.47. The van der Waals surface area contributed by atoms with E-state index in [2.05, 4.69) is 0 Å². The first-order valence-electron chi connectivity index (χ1n) is 5.56. The summed E-state index contributed by atoms with van der Waals surface area (Å²) in [5.74, 6) is 0.138. The molecule has 0 bridgehead atoms. The van der Waals surface area contributed by atoms with E-state index in [0.29, 0.717) is 24.3 Å². The zero-order valence-electron chi connectivity index (χ0n) is 10.5. The highest BCUT2D eigenvalue weighted by atomic mass is 19.1. The Kier molecular flexibility index (Phi) is 4.90. The SMILES string of the molecule is COC(C)(C)CCOc1ccc(F)cc1CO. The van der Waals surface area contributed by atoms with Crippen molar-refractivity contribution in [3.8, 4) is 5.75 Å². The molecule has 0 saturated carbocycles. The van der Waals surface area contributed by atoms with Gasteiger partial charge in [-0.25, -0.2) is 4.39 Å². The second-order valence-electron chi connectivity index (χ2n) is 4.47. The smallest absolute Gasteiger partial charge is 0.125 e. The molecule has 0 saturated heterocycles. The van der Waals surface area contributed by atoms with E-state index in [4.69, 9.17) is 14.6 Å². The summed E-state index contributed by atoms with van der Waals surface area (Å²) in [6.07, 6.45) is 0.714. The maximum atomic E-state index is 12.9. The molecule has 0 spiro atoms. The number of halogens is 1. The minimum atomic E-state index is -0.376. The van der Waals surface area contributed by atoms with Crippen LogP contribution in [0.15, 0.2) is 18.2 Å². The number of hydrogen-bond donors (Lipinski definition) is 1. The van der Waals surface area contributed by atoms with Crippen LogP contribution in [0.3, 0.4) is 0 Å². The van der Waals surface area contributed by atoms with Crippen molar-refractivity contribution in [2.45, 2.75) is 32.5 Å². The van der Waals surface area contributed by atoms with Gasteiger partial charge in [-0.3, -0.25) is 0 Å². The molecule has 0 radical (unpaired) electrons. The Morgan fingerprint density at radius 3 is 2.65 bits per heavy atom. The van der Waals surface area contributed by atoms with Crippen molar-refractivity contribution >= 4 is 0 Å². The van der Waals surface area contributed by atoms with E-state index in [1.807, 2.05) is 13.8 Å². The van der Waals surface area contributed by atoms with Crippen molar-refractivity contribution in [3.63, 3.8) is 0 Å². The quantitative estimate of drug-likeness (QED) is 0.833. The van der Waals surface area contributed by atoms with Gasteiger partial charge in [0.05, 0.1) is 18.8 Å². The highest BCUT2D eigenvalue weighted by Crippen LogP contribution is 2.21. The monoisotopic (exact) mass is 242 g/mol. The van der Waals surface area contributed by atoms with Gasteiger partial charge >= 0.3 is 0 Å². The zero-order chi connectivity index (χ0) is 12.9. The molecule has 0 atom stereocenters. The standard InChI is InChI=1S/C13H19FO3/c1-13(2,16-3)6-7-17-12-5-4-11(14)8-10(12)9-15/h4-5,8,15H,6-7,9H2,1-3H3. The number of rotatable bonds is 6. The number of methoxy groups -OCH3 is 1. The lowest BCUT2D eigenvalue weighted by molar-refractivity contribution is 0.00529. The Morgan fingerprint density at radius 1 is 1.35 bits per heavy atom. The van der Waals surface area contributed by atoms with Crippen LogP contribution < -0.4 is 4.74 Å². The van der Waals surface area contributed by atoms with E-state index >= 15 is 0 Å². The first kappa shape index (κ1) is 13.9. The molecule has 0 aliphatic heterocycles. The van der Waals surface area contributed by atoms with Crippen molar-refractivity contribution in [1.29, 1.82) is 0 Å². The first-order valence-corrected chi connectivity index (χ1v) is 5.56. The largest absolute Gasteiger partial charge is 0.493 e. The third kappa shape index (κ3) is 4.32. The number of ether oxygens (including phenoxy) is 2. The van der Waals surface area contributed by atoms with Gasteiger partial charge in [-0.1, -0.05) is 0 Å². The van der Waals surface area contributed by atoms with Crippen LogP contribution in [-0.2, 0) is 11.3 Å². The Morgan fingerprint density at radius 2 is 2.06 bits per heavy atom. The fourth-order valence-corrected chi connectivity index (χ4v) is 1.32. The van der Waals surface area contributed by atoms with Gasteiger partial charge in [0.15, 0.2) is 0 Å². The summed E-state index contributed by atoms with van der Waals surface area (Å²) in [4.78, 5) is 0. The van der Waals surface area contributed by atoms with E-state index in [9.17, 15) is 4.39 Å². The predicted octanol–water partition coefficient (Wildman–Crippen LogP) is 2.51. The van der Waals surface area contributed by atoms with Gasteiger partial charge in [0, 0.05) is 19.1 Å². The van der Waals surface area contributed by atoms with Crippen LogP contribution in [-0.4, -0.2) is 24.4 Å². The Hall–Kier alpha value is -1.13. The van der Waals surface area contributed by atoms with E-state index in [1.165, 1.54) is 18.2 Å². The summed E-state index contributed by atoms with van der Waals surface area (Å²) in [5, 5.41) is 9.08. The number of aliphatic hydroxyl groups excluding tert-OH is 1. The highest BCUT2D eigenvalue weighted by Gasteiger charge is 2.16. The zero-order valence-corrected chi connectivity index (χ0v) is 10.5. The van der Waals surface area contributed by atoms with E-state index in [-0.39, 0.29) is 18.0 Å². The topological polar surface area (TPSA) is 38.7 Å². The lowest BCUT2D eigenvalue weighted by atomic mass is 10.1. The van der Waals surface area contributed by atoms with Gasteiger partial charge in [0.2, 0.25) is 0 Å². The molecular formula is C13H19FO3. The molecule has 0 unspecified atom stereocenters. The van der Waals surface area contributed by atoms with E-state index in [1.54, 1.807) is 7.11 Å². The van der Waals surface area contributed by atoms with Gasteiger partial charge in [-0.2, -0.15) is 0 Å². The van der Waals surface area contributed by atoms with Crippen LogP contribution in [0, 0.1) is 5.82 Å². The molecule has 0 fully saturated rings. The summed E-state index contributed by atoms with van der Waals surface area (Å²) in [6.45, 7) is 4.15. The average Bonchev–Trinajstić information content (AvgIpc) is 2.30. The maximum absolute atomic E-state index is 12.9. The predicted molar refractivity (Wildman–Crippen MR) is 63.5 cm³/mol. The molecule has 1 aromatic carbocycles. The number of aliphatic hydroxyl groups is 1. The van der Waals surface area contributed by atoms with Gasteiger partial charge < -0.3 is 14.6 Å².